The van der Waals surface area contributed by atoms with Crippen LogP contribution in [0.3, 0.4) is 0 Å². The Labute approximate surface area is 144 Å². The fraction of sp³-hybridized carbons (Fsp3) is 0.562. The molecular weight excluding hydrogens is 329 g/mol. The average Bonchev–Trinajstić information content (AvgIpc) is 3.17. The summed E-state index contributed by atoms with van der Waals surface area (Å²) in [5.41, 5.74) is 0.529. The molecule has 2 aromatic heterocycles. The summed E-state index contributed by atoms with van der Waals surface area (Å²) in [5.74, 6) is -0.889. The molecule has 2 atom stereocenters. The van der Waals surface area contributed by atoms with E-state index in [1.54, 1.807) is 10.7 Å². The maximum Gasteiger partial charge on any atom is 0.275 e. The first kappa shape index (κ1) is 17.6. The highest BCUT2D eigenvalue weighted by Gasteiger charge is 2.31. The first-order valence-electron chi connectivity index (χ1n) is 8.06. The first-order chi connectivity index (χ1) is 11.6. The number of anilines is 1. The Morgan fingerprint density at radius 3 is 2.64 bits per heavy atom. The van der Waals surface area contributed by atoms with Crippen molar-refractivity contribution < 1.29 is 19.0 Å². The van der Waals surface area contributed by atoms with E-state index in [-0.39, 0.29) is 23.9 Å². The second-order valence-electron chi connectivity index (χ2n) is 7.18. The molecule has 0 saturated carbocycles. The van der Waals surface area contributed by atoms with Gasteiger partial charge in [-0.15, -0.1) is 5.10 Å². The SMILES string of the molecule is Cn1nc(F)cc1C(=O)Nc1cc(C2CC(O)CO2)n(C(C)(C)C)n1. The van der Waals surface area contributed by atoms with Gasteiger partial charge in [0.25, 0.3) is 5.91 Å². The second-order valence-corrected chi connectivity index (χ2v) is 7.18. The normalized spacial score (nSPS) is 20.9. The van der Waals surface area contributed by atoms with Crippen molar-refractivity contribution in [3.63, 3.8) is 0 Å². The van der Waals surface area contributed by atoms with Gasteiger partial charge < -0.3 is 15.2 Å². The number of ether oxygens (including phenoxy) is 1. The Balaban J connectivity index is 1.88. The van der Waals surface area contributed by atoms with Crippen molar-refractivity contribution >= 4 is 11.7 Å². The number of nitrogens with one attached hydrogen (secondary N) is 1. The number of aromatic nitrogens is 4. The van der Waals surface area contributed by atoms with Gasteiger partial charge in [-0.1, -0.05) is 0 Å². The lowest BCUT2D eigenvalue weighted by atomic mass is 10.1. The van der Waals surface area contributed by atoms with Crippen LogP contribution in [0.25, 0.3) is 0 Å². The van der Waals surface area contributed by atoms with Crippen molar-refractivity contribution in [2.45, 2.75) is 44.9 Å². The molecule has 0 aromatic carbocycles. The monoisotopic (exact) mass is 351 g/mol. The van der Waals surface area contributed by atoms with Crippen LogP contribution in [0, 0.1) is 5.95 Å². The van der Waals surface area contributed by atoms with E-state index in [4.69, 9.17) is 4.74 Å². The molecule has 1 aliphatic heterocycles. The molecule has 0 bridgehead atoms. The maximum atomic E-state index is 13.2. The van der Waals surface area contributed by atoms with Gasteiger partial charge in [-0.3, -0.25) is 14.2 Å². The molecule has 9 heteroatoms. The molecule has 3 rings (SSSR count). The number of carbonyl (C=O) groups is 1. The van der Waals surface area contributed by atoms with Gasteiger partial charge in [0.05, 0.1) is 23.9 Å². The minimum absolute atomic E-state index is 0.0943. The number of nitrogens with zero attached hydrogens (tertiary/aromatic N) is 4. The zero-order valence-electron chi connectivity index (χ0n) is 14.7. The van der Waals surface area contributed by atoms with Gasteiger partial charge >= 0.3 is 0 Å². The summed E-state index contributed by atoms with van der Waals surface area (Å²) in [6.07, 6.45) is -0.326. The summed E-state index contributed by atoms with van der Waals surface area (Å²) in [6.45, 7) is 6.22. The summed E-state index contributed by atoms with van der Waals surface area (Å²) < 4.78 is 21.7. The number of carbonyl (C=O) groups excluding carboxylic acids is 1. The Hall–Kier alpha value is -2.26. The topological polar surface area (TPSA) is 94.2 Å². The molecule has 2 N–H and O–H groups in total. The molecule has 136 valence electrons. The van der Waals surface area contributed by atoms with Crippen LogP contribution in [0.2, 0.25) is 0 Å². The number of aliphatic hydroxyl groups excluding tert-OH is 1. The molecule has 1 aliphatic rings. The van der Waals surface area contributed by atoms with Gasteiger partial charge in [0.2, 0.25) is 5.95 Å². The lowest BCUT2D eigenvalue weighted by Gasteiger charge is -2.24. The molecule has 3 heterocycles. The maximum absolute atomic E-state index is 13.2. The first-order valence-corrected chi connectivity index (χ1v) is 8.06. The van der Waals surface area contributed by atoms with Crippen LogP contribution in [-0.4, -0.2) is 43.3 Å². The van der Waals surface area contributed by atoms with Gasteiger partial charge in [0.15, 0.2) is 5.82 Å². The summed E-state index contributed by atoms with van der Waals surface area (Å²) in [6, 6.07) is 2.78. The van der Waals surface area contributed by atoms with Crippen LogP contribution < -0.4 is 5.32 Å². The van der Waals surface area contributed by atoms with Gasteiger partial charge in [-0.05, 0) is 20.8 Å². The third kappa shape index (κ3) is 3.57. The number of aliphatic hydroxyl groups is 1. The molecule has 2 unspecified atom stereocenters. The predicted octanol–water partition coefficient (Wildman–Crippen LogP) is 1.59. The number of halogens is 1. The zero-order chi connectivity index (χ0) is 18.4. The third-order valence-electron chi connectivity index (χ3n) is 4.00. The quantitative estimate of drug-likeness (QED) is 0.876. The van der Waals surface area contributed by atoms with E-state index in [9.17, 15) is 14.3 Å². The van der Waals surface area contributed by atoms with Crippen molar-refractivity contribution in [2.75, 3.05) is 11.9 Å². The highest BCUT2D eigenvalue weighted by atomic mass is 19.1. The number of hydrogen-bond donors (Lipinski definition) is 2. The molecule has 0 radical (unpaired) electrons. The fourth-order valence-electron chi connectivity index (χ4n) is 2.86. The van der Waals surface area contributed by atoms with E-state index in [1.807, 2.05) is 20.8 Å². The Morgan fingerprint density at radius 2 is 2.12 bits per heavy atom. The van der Waals surface area contributed by atoms with Gasteiger partial charge in [0.1, 0.15) is 11.8 Å². The zero-order valence-corrected chi connectivity index (χ0v) is 14.7. The largest absolute Gasteiger partial charge is 0.391 e. The molecule has 8 nitrogen and oxygen atoms in total. The number of hydrogen-bond acceptors (Lipinski definition) is 5. The van der Waals surface area contributed by atoms with E-state index in [2.05, 4.69) is 15.5 Å². The summed E-state index contributed by atoms with van der Waals surface area (Å²) >= 11 is 0. The standard InChI is InChI=1S/C16H22FN5O3/c1-16(2,3)22-10(12-5-9(23)8-25-12)7-14(20-22)18-15(24)11-6-13(17)19-21(11)4/h6-7,9,12,23H,5,8H2,1-4H3,(H,18,20,24). The van der Waals surface area contributed by atoms with Crippen LogP contribution >= 0.6 is 0 Å². The number of rotatable bonds is 3. The van der Waals surface area contributed by atoms with Crippen LogP contribution in [0.15, 0.2) is 12.1 Å². The Kier molecular flexibility index (Phi) is 4.38. The van der Waals surface area contributed by atoms with Crippen molar-refractivity contribution in [2.24, 2.45) is 7.05 Å². The summed E-state index contributed by atoms with van der Waals surface area (Å²) in [4.78, 5) is 12.3. The minimum Gasteiger partial charge on any atom is -0.391 e. The van der Waals surface area contributed by atoms with Gasteiger partial charge in [-0.25, -0.2) is 0 Å². The predicted molar refractivity (Wildman–Crippen MR) is 87.7 cm³/mol. The van der Waals surface area contributed by atoms with Gasteiger partial charge in [0, 0.05) is 25.6 Å². The van der Waals surface area contributed by atoms with Crippen molar-refractivity contribution in [1.29, 1.82) is 0 Å². The Morgan fingerprint density at radius 1 is 1.40 bits per heavy atom. The van der Waals surface area contributed by atoms with E-state index in [0.29, 0.717) is 12.2 Å². The average molecular weight is 351 g/mol. The van der Waals surface area contributed by atoms with E-state index >= 15 is 0 Å². The molecule has 0 spiro atoms. The van der Waals surface area contributed by atoms with E-state index < -0.39 is 18.0 Å². The van der Waals surface area contributed by atoms with Crippen molar-refractivity contribution in [3.8, 4) is 0 Å². The van der Waals surface area contributed by atoms with Crippen LogP contribution in [-0.2, 0) is 17.3 Å². The molecule has 1 saturated heterocycles. The molecular formula is C16H22FN5O3. The summed E-state index contributed by atoms with van der Waals surface area (Å²) in [7, 11) is 1.49. The number of amides is 1. The summed E-state index contributed by atoms with van der Waals surface area (Å²) in [5, 5.41) is 20.4. The molecule has 1 fully saturated rings. The van der Waals surface area contributed by atoms with E-state index in [0.717, 1.165) is 11.8 Å². The van der Waals surface area contributed by atoms with Crippen LogP contribution in [0.5, 0.6) is 0 Å². The van der Waals surface area contributed by atoms with Crippen LogP contribution in [0.1, 0.15) is 49.5 Å². The van der Waals surface area contributed by atoms with Crippen LogP contribution in [0.4, 0.5) is 10.2 Å². The van der Waals surface area contributed by atoms with Gasteiger partial charge in [-0.2, -0.15) is 9.49 Å². The third-order valence-corrected chi connectivity index (χ3v) is 4.00. The lowest BCUT2D eigenvalue weighted by Crippen LogP contribution is -2.26. The van der Waals surface area contributed by atoms with Crippen molar-refractivity contribution in [3.05, 3.63) is 29.5 Å². The number of aryl methyl sites for hydroxylation is 1. The highest BCUT2D eigenvalue weighted by Crippen LogP contribution is 2.33. The highest BCUT2D eigenvalue weighted by molar-refractivity contribution is 6.02. The Bertz CT molecular complexity index is 792. The molecule has 1 amide bonds. The molecule has 0 aliphatic carbocycles. The smallest absolute Gasteiger partial charge is 0.275 e. The second kappa shape index (κ2) is 6.23. The molecule has 2 aromatic rings. The fourth-order valence-corrected chi connectivity index (χ4v) is 2.86. The minimum atomic E-state index is -0.720. The lowest BCUT2D eigenvalue weighted by molar-refractivity contribution is 0.0814. The van der Waals surface area contributed by atoms with Crippen molar-refractivity contribution in [1.82, 2.24) is 19.6 Å². The molecule has 25 heavy (non-hydrogen) atoms. The van der Waals surface area contributed by atoms with E-state index in [1.165, 1.54) is 11.7 Å².